The van der Waals surface area contributed by atoms with Crippen molar-refractivity contribution in [2.45, 2.75) is 44.5 Å². The number of carbonyl (C=O) groups is 2. The molecule has 0 spiro atoms. The molecule has 0 aromatic rings. The average Bonchev–Trinajstić information content (AvgIpc) is 2.36. The van der Waals surface area contributed by atoms with Gasteiger partial charge in [0.2, 0.25) is 0 Å². The first-order valence-electron chi connectivity index (χ1n) is 6.12. The molecule has 0 atom stereocenters. The summed E-state index contributed by atoms with van der Waals surface area (Å²) in [6.07, 6.45) is -2.65. The molecule has 10 heteroatoms. The van der Waals surface area contributed by atoms with Crippen LogP contribution in [0.25, 0.3) is 0 Å². The monoisotopic (exact) mass is 348 g/mol. The van der Waals surface area contributed by atoms with Gasteiger partial charge in [-0.3, -0.25) is 0 Å². The molecule has 2 N–H and O–H groups in total. The largest absolute Gasteiger partial charge is 0.478 e. The van der Waals surface area contributed by atoms with Crippen LogP contribution in [0.4, 0.5) is 26.3 Å². The van der Waals surface area contributed by atoms with Crippen LogP contribution in [0.3, 0.4) is 0 Å². The fourth-order valence-electron chi connectivity index (χ4n) is 1.38. The van der Waals surface area contributed by atoms with E-state index < -0.39 is 59.8 Å². The molecule has 0 unspecified atom stereocenters. The molecule has 0 rings (SSSR count). The van der Waals surface area contributed by atoms with Crippen molar-refractivity contribution in [3.8, 4) is 0 Å². The summed E-state index contributed by atoms with van der Waals surface area (Å²) in [5.41, 5.74) is -1.62. The molecule has 0 saturated heterocycles. The third-order valence-corrected chi connectivity index (χ3v) is 2.86. The second-order valence-electron chi connectivity index (χ2n) is 4.77. The number of alkyl halides is 6. The first kappa shape index (κ1) is 21.0. The van der Waals surface area contributed by atoms with E-state index in [0.29, 0.717) is 13.0 Å². The van der Waals surface area contributed by atoms with Crippen molar-refractivity contribution < 1.29 is 46.1 Å². The van der Waals surface area contributed by atoms with Crippen molar-refractivity contribution in [1.82, 2.24) is 0 Å². The highest BCUT2D eigenvalue weighted by molar-refractivity contribution is 5.86. The summed E-state index contributed by atoms with van der Waals surface area (Å²) in [5.74, 6) is -19.8. The van der Waals surface area contributed by atoms with Gasteiger partial charge in [-0.2, -0.15) is 26.3 Å². The lowest BCUT2D eigenvalue weighted by atomic mass is 9.98. The van der Waals surface area contributed by atoms with Gasteiger partial charge >= 0.3 is 29.7 Å². The smallest absolute Gasteiger partial charge is 0.375 e. The van der Waals surface area contributed by atoms with Crippen LogP contribution in [0, 0.1) is 0 Å². The van der Waals surface area contributed by atoms with Crippen molar-refractivity contribution in [2.75, 3.05) is 0 Å². The van der Waals surface area contributed by atoms with Gasteiger partial charge in [0.05, 0.1) is 0 Å². The van der Waals surface area contributed by atoms with Crippen molar-refractivity contribution in [3.05, 3.63) is 23.3 Å². The number of carboxylic acids is 2. The van der Waals surface area contributed by atoms with Gasteiger partial charge in [0, 0.05) is 23.6 Å². The minimum absolute atomic E-state index is 0.405. The number of carboxylic acid groups (broad SMARTS) is 2. The van der Waals surface area contributed by atoms with Crippen LogP contribution < -0.4 is 0 Å². The van der Waals surface area contributed by atoms with E-state index >= 15 is 0 Å². The number of halogens is 6. The van der Waals surface area contributed by atoms with E-state index in [1.54, 1.807) is 0 Å². The zero-order valence-corrected chi connectivity index (χ0v) is 12.0. The molecule has 0 heterocycles. The van der Waals surface area contributed by atoms with E-state index in [-0.39, 0.29) is 0 Å². The second-order valence-corrected chi connectivity index (χ2v) is 4.77. The molecule has 0 bridgehead atoms. The Morgan fingerprint density at radius 3 is 1.74 bits per heavy atom. The average molecular weight is 348 g/mol. The standard InChI is InChI=1S/C13H14F6O4/c1-7(9(20)21)4-3-5-11(14,15)13(18,19)12(16,17)6-8(2)10(22)23/h4,6H,3,5H2,1-2H3,(H,20,21)(H,22,23). The Hall–Kier alpha value is -2.00. The summed E-state index contributed by atoms with van der Waals surface area (Å²) in [5, 5.41) is 16.8. The highest BCUT2D eigenvalue weighted by Gasteiger charge is 2.69. The summed E-state index contributed by atoms with van der Waals surface area (Å²) < 4.78 is 80.3. The van der Waals surface area contributed by atoms with Gasteiger partial charge in [-0.15, -0.1) is 0 Å². The number of aliphatic carboxylic acids is 2. The van der Waals surface area contributed by atoms with Crippen molar-refractivity contribution in [3.63, 3.8) is 0 Å². The molecule has 0 aliphatic carbocycles. The van der Waals surface area contributed by atoms with E-state index in [1.165, 1.54) is 0 Å². The zero-order valence-electron chi connectivity index (χ0n) is 12.0. The summed E-state index contributed by atoms with van der Waals surface area (Å²) in [6, 6.07) is 0. The highest BCUT2D eigenvalue weighted by Crippen LogP contribution is 2.48. The van der Waals surface area contributed by atoms with Gasteiger partial charge in [0.25, 0.3) is 0 Å². The predicted octanol–water partition coefficient (Wildman–Crippen LogP) is 3.73. The van der Waals surface area contributed by atoms with Crippen LogP contribution in [0.15, 0.2) is 23.3 Å². The highest BCUT2D eigenvalue weighted by atomic mass is 19.3. The first-order chi connectivity index (χ1) is 10.2. The lowest BCUT2D eigenvalue weighted by Crippen LogP contribution is -2.53. The fourth-order valence-corrected chi connectivity index (χ4v) is 1.38. The molecular weight excluding hydrogens is 334 g/mol. The van der Waals surface area contributed by atoms with E-state index in [0.717, 1.165) is 6.92 Å². The van der Waals surface area contributed by atoms with Gasteiger partial charge in [-0.1, -0.05) is 6.08 Å². The molecule has 0 saturated carbocycles. The molecular formula is C13H14F6O4. The Morgan fingerprint density at radius 2 is 1.35 bits per heavy atom. The van der Waals surface area contributed by atoms with Crippen LogP contribution in [0.2, 0.25) is 0 Å². The van der Waals surface area contributed by atoms with Crippen LogP contribution >= 0.6 is 0 Å². The van der Waals surface area contributed by atoms with Crippen molar-refractivity contribution in [1.29, 1.82) is 0 Å². The lowest BCUT2D eigenvalue weighted by molar-refractivity contribution is -0.293. The van der Waals surface area contributed by atoms with Crippen molar-refractivity contribution in [2.24, 2.45) is 0 Å². The third kappa shape index (κ3) is 5.00. The summed E-state index contributed by atoms with van der Waals surface area (Å²) in [4.78, 5) is 20.8. The maximum atomic E-state index is 13.4. The molecule has 0 aliphatic rings. The minimum atomic E-state index is -5.85. The molecule has 0 aromatic heterocycles. The molecule has 0 amide bonds. The Labute approximate surface area is 127 Å². The quantitative estimate of drug-likeness (QED) is 0.518. The maximum absolute atomic E-state index is 13.4. The Morgan fingerprint density at radius 1 is 0.913 bits per heavy atom. The molecule has 0 radical (unpaired) electrons. The van der Waals surface area contributed by atoms with Gasteiger partial charge in [0.1, 0.15) is 0 Å². The first-order valence-corrected chi connectivity index (χ1v) is 6.12. The Bertz CT molecular complexity index is 537. The van der Waals surface area contributed by atoms with Crippen LogP contribution in [0.5, 0.6) is 0 Å². The fraction of sp³-hybridized carbons (Fsp3) is 0.538. The molecule has 23 heavy (non-hydrogen) atoms. The minimum Gasteiger partial charge on any atom is -0.478 e. The predicted molar refractivity (Wildman–Crippen MR) is 66.9 cm³/mol. The van der Waals surface area contributed by atoms with Crippen LogP contribution in [-0.2, 0) is 9.59 Å². The maximum Gasteiger partial charge on any atom is 0.375 e. The molecule has 0 aliphatic heterocycles. The lowest BCUT2D eigenvalue weighted by Gasteiger charge is -2.31. The van der Waals surface area contributed by atoms with Crippen molar-refractivity contribution >= 4 is 11.9 Å². The van der Waals surface area contributed by atoms with E-state index in [2.05, 4.69) is 0 Å². The zero-order chi connectivity index (χ0) is 18.6. The molecule has 0 fully saturated rings. The normalized spacial score (nSPS) is 14.8. The van der Waals surface area contributed by atoms with Gasteiger partial charge in [-0.05, 0) is 20.3 Å². The van der Waals surface area contributed by atoms with E-state index in [1.807, 2.05) is 0 Å². The molecule has 0 aromatic carbocycles. The summed E-state index contributed by atoms with van der Waals surface area (Å²) >= 11 is 0. The second kappa shape index (κ2) is 7.05. The number of hydrogen-bond acceptors (Lipinski definition) is 2. The number of hydrogen-bond donors (Lipinski definition) is 2. The SMILES string of the molecule is CC(=CCCC(F)(F)C(F)(F)C(F)(F)C=C(C)C(=O)O)C(=O)O. The summed E-state index contributed by atoms with van der Waals surface area (Å²) in [6.45, 7) is 1.58. The third-order valence-electron chi connectivity index (χ3n) is 2.86. The summed E-state index contributed by atoms with van der Waals surface area (Å²) in [7, 11) is 0. The van der Waals surface area contributed by atoms with Gasteiger partial charge in [-0.25, -0.2) is 9.59 Å². The molecule has 4 nitrogen and oxygen atoms in total. The topological polar surface area (TPSA) is 74.6 Å². The van der Waals surface area contributed by atoms with E-state index in [9.17, 15) is 35.9 Å². The van der Waals surface area contributed by atoms with E-state index in [4.69, 9.17) is 10.2 Å². The van der Waals surface area contributed by atoms with Crippen LogP contribution in [-0.4, -0.2) is 39.9 Å². The van der Waals surface area contributed by atoms with Crippen LogP contribution in [0.1, 0.15) is 26.7 Å². The number of allylic oxidation sites excluding steroid dienone is 2. The van der Waals surface area contributed by atoms with Gasteiger partial charge < -0.3 is 10.2 Å². The molecule has 132 valence electrons. The number of rotatable bonds is 8. The Balaban J connectivity index is 5.37. The van der Waals surface area contributed by atoms with Gasteiger partial charge in [0.15, 0.2) is 0 Å². The Kier molecular flexibility index (Phi) is 6.44.